The smallest absolute Gasteiger partial charge is 0.168 e. The molecule has 0 bridgehead atoms. The Hall–Kier alpha value is -0.0600. The zero-order valence-corrected chi connectivity index (χ0v) is 14.5. The molecule has 1 saturated heterocycles. The first-order valence-electron chi connectivity index (χ1n) is 7.20. The van der Waals surface area contributed by atoms with Crippen molar-refractivity contribution < 1.29 is 9.47 Å². The molecular formula is C16H15BrCl2O2. The molecule has 2 nitrogen and oxygen atoms in total. The number of halogens is 3. The zero-order chi connectivity index (χ0) is 14.7. The third-order valence-electron chi connectivity index (χ3n) is 5.06. The molecule has 1 saturated carbocycles. The fraction of sp³-hybridized carbons (Fsp3) is 0.500. The third kappa shape index (κ3) is 2.05. The van der Waals surface area contributed by atoms with E-state index in [1.807, 2.05) is 6.07 Å². The normalized spacial score (nSPS) is 25.4. The van der Waals surface area contributed by atoms with Gasteiger partial charge >= 0.3 is 0 Å². The van der Waals surface area contributed by atoms with Gasteiger partial charge in [-0.25, -0.2) is 0 Å². The topological polar surface area (TPSA) is 18.5 Å². The van der Waals surface area contributed by atoms with Gasteiger partial charge in [-0.1, -0.05) is 45.2 Å². The first-order valence-corrected chi connectivity index (χ1v) is 8.75. The van der Waals surface area contributed by atoms with Gasteiger partial charge in [0.2, 0.25) is 0 Å². The summed E-state index contributed by atoms with van der Waals surface area (Å²) < 4.78 is 12.9. The van der Waals surface area contributed by atoms with Crippen LogP contribution in [0, 0.1) is 0 Å². The van der Waals surface area contributed by atoms with E-state index in [-0.39, 0.29) is 11.2 Å². The molecule has 3 aliphatic rings. The molecular weight excluding hydrogens is 375 g/mol. The number of hydrogen-bond donors (Lipinski definition) is 0. The lowest BCUT2D eigenvalue weighted by Gasteiger charge is -2.42. The molecule has 1 aromatic rings. The van der Waals surface area contributed by atoms with Crippen LogP contribution in [0.15, 0.2) is 16.6 Å². The van der Waals surface area contributed by atoms with Gasteiger partial charge in [-0.3, -0.25) is 0 Å². The maximum Gasteiger partial charge on any atom is 0.168 e. The monoisotopic (exact) mass is 388 g/mol. The Morgan fingerprint density at radius 2 is 1.67 bits per heavy atom. The van der Waals surface area contributed by atoms with Crippen LogP contribution >= 0.6 is 39.1 Å². The second kappa shape index (κ2) is 4.97. The van der Waals surface area contributed by atoms with Crippen LogP contribution in [0.3, 0.4) is 0 Å². The summed E-state index contributed by atoms with van der Waals surface area (Å²) in [5.41, 5.74) is 2.33. The van der Waals surface area contributed by atoms with Crippen LogP contribution in [0.25, 0.3) is 6.08 Å². The molecule has 21 heavy (non-hydrogen) atoms. The van der Waals surface area contributed by atoms with E-state index >= 15 is 0 Å². The van der Waals surface area contributed by atoms with Gasteiger partial charge in [-0.15, -0.1) is 0 Å². The highest BCUT2D eigenvalue weighted by Gasteiger charge is 2.50. The van der Waals surface area contributed by atoms with Gasteiger partial charge in [0.15, 0.2) is 5.79 Å². The van der Waals surface area contributed by atoms with Crippen LogP contribution < -0.4 is 0 Å². The molecule has 0 aromatic heterocycles. The Morgan fingerprint density at radius 1 is 1.00 bits per heavy atom. The second-order valence-electron chi connectivity index (χ2n) is 6.00. The van der Waals surface area contributed by atoms with Crippen molar-refractivity contribution >= 4 is 45.2 Å². The van der Waals surface area contributed by atoms with E-state index in [0.717, 1.165) is 31.2 Å². The molecule has 0 amide bonds. The fourth-order valence-electron chi connectivity index (χ4n) is 3.87. The summed E-state index contributed by atoms with van der Waals surface area (Å²) in [6.07, 6.45) is 5.94. The number of rotatable bonds is 0. The molecule has 1 aromatic carbocycles. The van der Waals surface area contributed by atoms with Crippen molar-refractivity contribution in [3.63, 3.8) is 0 Å². The molecule has 1 aliphatic heterocycles. The van der Waals surface area contributed by atoms with E-state index in [0.29, 0.717) is 23.3 Å². The van der Waals surface area contributed by atoms with Gasteiger partial charge in [0.05, 0.1) is 23.3 Å². The highest BCUT2D eigenvalue weighted by Crippen LogP contribution is 2.57. The summed E-state index contributed by atoms with van der Waals surface area (Å²) in [5.74, 6) is -0.350. The quantitative estimate of drug-likeness (QED) is 0.599. The summed E-state index contributed by atoms with van der Waals surface area (Å²) in [6.45, 7) is 1.42. The van der Waals surface area contributed by atoms with Crippen molar-refractivity contribution in [3.8, 4) is 0 Å². The predicted octanol–water partition coefficient (Wildman–Crippen LogP) is 5.30. The Balaban J connectivity index is 1.72. The molecule has 2 spiro atoms. The molecule has 0 radical (unpaired) electrons. The summed E-state index contributed by atoms with van der Waals surface area (Å²) in [7, 11) is 0. The van der Waals surface area contributed by atoms with E-state index < -0.39 is 0 Å². The lowest BCUT2D eigenvalue weighted by Crippen LogP contribution is -2.41. The van der Waals surface area contributed by atoms with E-state index in [1.165, 1.54) is 10.0 Å². The molecule has 1 heterocycles. The molecule has 5 heteroatoms. The molecule has 112 valence electrons. The van der Waals surface area contributed by atoms with Crippen LogP contribution in [0.1, 0.15) is 36.8 Å². The van der Waals surface area contributed by atoms with Gasteiger partial charge in [-0.05, 0) is 36.1 Å². The molecule has 2 aliphatic carbocycles. The van der Waals surface area contributed by atoms with Crippen molar-refractivity contribution in [1.82, 2.24) is 0 Å². The summed E-state index contributed by atoms with van der Waals surface area (Å²) in [5, 5.41) is 1.26. The third-order valence-corrected chi connectivity index (χ3v) is 6.86. The molecule has 0 atom stereocenters. The van der Waals surface area contributed by atoms with Crippen LogP contribution in [-0.2, 0) is 14.9 Å². The Morgan fingerprint density at radius 3 is 2.33 bits per heavy atom. The minimum Gasteiger partial charge on any atom is -0.348 e. The van der Waals surface area contributed by atoms with Crippen LogP contribution in [-0.4, -0.2) is 19.0 Å². The van der Waals surface area contributed by atoms with Crippen molar-refractivity contribution in [2.75, 3.05) is 13.2 Å². The number of fused-ring (bicyclic) bond motifs is 2. The number of allylic oxidation sites excluding steroid dienone is 1. The molecule has 0 unspecified atom stereocenters. The number of hydrogen-bond acceptors (Lipinski definition) is 2. The second-order valence-corrected chi connectivity index (χ2v) is 7.64. The summed E-state index contributed by atoms with van der Waals surface area (Å²) in [6, 6.07) is 4.01. The highest BCUT2D eigenvalue weighted by atomic mass is 79.9. The maximum absolute atomic E-state index is 6.38. The van der Waals surface area contributed by atoms with Crippen LogP contribution in [0.4, 0.5) is 0 Å². The zero-order valence-electron chi connectivity index (χ0n) is 11.4. The molecule has 4 rings (SSSR count). The Labute approximate surface area is 142 Å². The van der Waals surface area contributed by atoms with E-state index in [4.69, 9.17) is 32.7 Å². The first-order chi connectivity index (χ1) is 10.1. The lowest BCUT2D eigenvalue weighted by molar-refractivity contribution is -0.182. The SMILES string of the molecule is Clc1ccc2c(c1Cl)C=C(Br)C21CCC2(CC1)OCCO2. The van der Waals surface area contributed by atoms with Gasteiger partial charge < -0.3 is 9.47 Å². The minimum absolute atomic E-state index is 0.00409. The van der Waals surface area contributed by atoms with Crippen molar-refractivity contribution in [2.24, 2.45) is 0 Å². The van der Waals surface area contributed by atoms with Crippen LogP contribution in [0.5, 0.6) is 0 Å². The van der Waals surface area contributed by atoms with Crippen molar-refractivity contribution in [2.45, 2.75) is 36.9 Å². The number of ether oxygens (including phenoxy) is 2. The molecule has 0 N–H and O–H groups in total. The Bertz CT molecular complexity index is 625. The van der Waals surface area contributed by atoms with Crippen molar-refractivity contribution in [3.05, 3.63) is 37.8 Å². The Kier molecular flexibility index (Phi) is 3.44. The standard InChI is InChI=1S/C16H15BrCl2O2/c17-13-9-10-11(1-2-12(18)14(10)19)15(13)3-5-16(6-4-15)20-7-8-21-16/h1-2,9H,3-8H2. The van der Waals surface area contributed by atoms with Gasteiger partial charge in [0.25, 0.3) is 0 Å². The average molecular weight is 390 g/mol. The summed E-state index contributed by atoms with van der Waals surface area (Å²) >= 11 is 16.3. The van der Waals surface area contributed by atoms with Crippen LogP contribution in [0.2, 0.25) is 10.0 Å². The van der Waals surface area contributed by atoms with Gasteiger partial charge in [0.1, 0.15) is 0 Å². The lowest BCUT2D eigenvalue weighted by atomic mass is 9.69. The maximum atomic E-state index is 6.38. The predicted molar refractivity (Wildman–Crippen MR) is 88.1 cm³/mol. The van der Waals surface area contributed by atoms with E-state index in [1.54, 1.807) is 0 Å². The first kappa shape index (κ1) is 14.5. The van der Waals surface area contributed by atoms with Gasteiger partial charge in [0, 0.05) is 22.7 Å². The van der Waals surface area contributed by atoms with E-state index in [2.05, 4.69) is 28.1 Å². The summed E-state index contributed by atoms with van der Waals surface area (Å²) in [4.78, 5) is 0. The minimum atomic E-state index is -0.350. The van der Waals surface area contributed by atoms with Gasteiger partial charge in [-0.2, -0.15) is 0 Å². The largest absolute Gasteiger partial charge is 0.348 e. The fourth-order valence-corrected chi connectivity index (χ4v) is 5.09. The van der Waals surface area contributed by atoms with E-state index in [9.17, 15) is 0 Å². The van der Waals surface area contributed by atoms with Crippen molar-refractivity contribution in [1.29, 1.82) is 0 Å². The number of benzene rings is 1. The average Bonchev–Trinajstić information content (AvgIpc) is 3.03. The highest BCUT2D eigenvalue weighted by molar-refractivity contribution is 9.11. The molecule has 2 fully saturated rings.